The average molecular weight is 195 g/mol. The molecule has 2 heterocycles. The van der Waals surface area contributed by atoms with Crippen molar-refractivity contribution in [1.82, 2.24) is 9.97 Å². The van der Waals surface area contributed by atoms with Gasteiger partial charge < -0.3 is 9.54 Å². The van der Waals surface area contributed by atoms with Crippen molar-refractivity contribution in [3.05, 3.63) is 23.9 Å². The summed E-state index contributed by atoms with van der Waals surface area (Å²) in [5, 5.41) is 0.0755. The summed E-state index contributed by atoms with van der Waals surface area (Å²) in [6, 6.07) is 4.99. The van der Waals surface area contributed by atoms with E-state index in [1.807, 2.05) is 13.0 Å². The zero-order valence-corrected chi connectivity index (χ0v) is 7.72. The second kappa shape index (κ2) is 2.93. The Morgan fingerprint density at radius 1 is 1.54 bits per heavy atom. The van der Waals surface area contributed by atoms with Crippen LogP contribution < -0.4 is 0 Å². The number of aromatic amines is 1. The van der Waals surface area contributed by atoms with Gasteiger partial charge in [0.15, 0.2) is 0 Å². The maximum atomic E-state index is 10.6. The molecular formula is C8H7N2O2S-. The monoisotopic (exact) mass is 195 g/mol. The molecule has 1 atom stereocenters. The fourth-order valence-corrected chi connectivity index (χ4v) is 1.57. The summed E-state index contributed by atoms with van der Waals surface area (Å²) < 4.78 is 21.2. The van der Waals surface area contributed by atoms with E-state index >= 15 is 0 Å². The Bertz CT molecular complexity index is 478. The first-order valence-electron chi connectivity index (χ1n) is 3.72. The Morgan fingerprint density at radius 3 is 3.00 bits per heavy atom. The van der Waals surface area contributed by atoms with Crippen LogP contribution in [0, 0.1) is 6.92 Å². The lowest BCUT2D eigenvalue weighted by Gasteiger charge is -2.02. The van der Waals surface area contributed by atoms with Crippen LogP contribution in [0.5, 0.6) is 0 Å². The molecule has 0 spiro atoms. The van der Waals surface area contributed by atoms with Crippen molar-refractivity contribution >= 4 is 22.1 Å². The minimum absolute atomic E-state index is 0.0755. The van der Waals surface area contributed by atoms with Crippen molar-refractivity contribution in [2.24, 2.45) is 0 Å². The molecular weight excluding hydrogens is 188 g/mol. The molecule has 0 bridgehead atoms. The van der Waals surface area contributed by atoms with Crippen LogP contribution in [0.3, 0.4) is 0 Å². The Kier molecular flexibility index (Phi) is 1.90. The molecule has 0 fully saturated rings. The van der Waals surface area contributed by atoms with E-state index in [0.29, 0.717) is 5.52 Å². The van der Waals surface area contributed by atoms with E-state index in [2.05, 4.69) is 9.97 Å². The molecule has 2 aromatic heterocycles. The van der Waals surface area contributed by atoms with Crippen LogP contribution in [0.2, 0.25) is 0 Å². The Balaban J connectivity index is 2.67. The molecule has 13 heavy (non-hydrogen) atoms. The first-order chi connectivity index (χ1) is 6.16. The highest BCUT2D eigenvalue weighted by Gasteiger charge is 2.00. The molecule has 4 nitrogen and oxygen atoms in total. The molecule has 0 amide bonds. The molecule has 2 rings (SSSR count). The molecule has 1 N–H and O–H groups in total. The van der Waals surface area contributed by atoms with E-state index < -0.39 is 11.1 Å². The van der Waals surface area contributed by atoms with E-state index in [1.165, 1.54) is 6.07 Å². The van der Waals surface area contributed by atoms with Gasteiger partial charge in [-0.3, -0.25) is 4.21 Å². The smallest absolute Gasteiger partial charge is 0.114 e. The normalized spacial score (nSPS) is 13.4. The lowest BCUT2D eigenvalue weighted by atomic mass is 10.4. The summed E-state index contributed by atoms with van der Waals surface area (Å²) in [6.45, 7) is 1.90. The maximum Gasteiger partial charge on any atom is 0.114 e. The van der Waals surface area contributed by atoms with Crippen molar-refractivity contribution in [1.29, 1.82) is 0 Å². The number of fused-ring (bicyclic) bond motifs is 1. The predicted octanol–water partition coefficient (Wildman–Crippen LogP) is 1.11. The number of pyridine rings is 1. The summed E-state index contributed by atoms with van der Waals surface area (Å²) in [5.74, 6) is 0. The number of nitrogens with one attached hydrogen (secondary N) is 1. The van der Waals surface area contributed by atoms with Gasteiger partial charge in [-0.25, -0.2) is 4.98 Å². The van der Waals surface area contributed by atoms with E-state index in [9.17, 15) is 8.76 Å². The van der Waals surface area contributed by atoms with E-state index in [4.69, 9.17) is 0 Å². The van der Waals surface area contributed by atoms with Gasteiger partial charge in [-0.05, 0) is 36.2 Å². The summed E-state index contributed by atoms with van der Waals surface area (Å²) in [7, 11) is 0. The predicted molar refractivity (Wildman–Crippen MR) is 48.0 cm³/mol. The number of aryl methyl sites for hydroxylation is 1. The summed E-state index contributed by atoms with van der Waals surface area (Å²) in [4.78, 5) is 7.01. The Labute approximate surface area is 77.3 Å². The largest absolute Gasteiger partial charge is 0.767 e. The standard InChI is InChI=1S/C8H8N2O2S/c1-5-4-7-6(9-5)2-3-8(10-7)13(11)12/h2-4,9H,1H3,(H,11,12)/p-1. The van der Waals surface area contributed by atoms with Crippen molar-refractivity contribution < 1.29 is 8.76 Å². The van der Waals surface area contributed by atoms with Crippen molar-refractivity contribution in [2.45, 2.75) is 11.9 Å². The Hall–Kier alpha value is -1.20. The van der Waals surface area contributed by atoms with Gasteiger partial charge in [-0.1, -0.05) is 0 Å². The van der Waals surface area contributed by atoms with E-state index in [-0.39, 0.29) is 5.03 Å². The lowest BCUT2D eigenvalue weighted by molar-refractivity contribution is 0.534. The number of H-pyrrole nitrogens is 1. The van der Waals surface area contributed by atoms with Gasteiger partial charge in [0.05, 0.1) is 11.0 Å². The van der Waals surface area contributed by atoms with Gasteiger partial charge in [0, 0.05) is 5.69 Å². The molecule has 2 aromatic rings. The molecule has 68 valence electrons. The van der Waals surface area contributed by atoms with Gasteiger partial charge >= 0.3 is 0 Å². The first kappa shape index (κ1) is 8.40. The highest BCUT2D eigenvalue weighted by molar-refractivity contribution is 7.79. The third kappa shape index (κ3) is 1.48. The number of nitrogens with zero attached hydrogens (tertiary/aromatic N) is 1. The van der Waals surface area contributed by atoms with E-state index in [0.717, 1.165) is 11.2 Å². The van der Waals surface area contributed by atoms with Gasteiger partial charge in [-0.15, -0.1) is 0 Å². The minimum Gasteiger partial charge on any atom is -0.767 e. The second-order valence-electron chi connectivity index (χ2n) is 2.77. The lowest BCUT2D eigenvalue weighted by Crippen LogP contribution is -1.92. The minimum atomic E-state index is -2.25. The zero-order valence-electron chi connectivity index (χ0n) is 6.90. The third-order valence-corrected chi connectivity index (χ3v) is 2.32. The highest BCUT2D eigenvalue weighted by atomic mass is 32.2. The van der Waals surface area contributed by atoms with Crippen LogP contribution in [-0.4, -0.2) is 18.7 Å². The number of rotatable bonds is 1. The van der Waals surface area contributed by atoms with E-state index in [1.54, 1.807) is 6.07 Å². The fraction of sp³-hybridized carbons (Fsp3) is 0.125. The van der Waals surface area contributed by atoms with Crippen LogP contribution in [0.15, 0.2) is 23.2 Å². The summed E-state index contributed by atoms with van der Waals surface area (Å²) in [6.07, 6.45) is 0. The quantitative estimate of drug-likeness (QED) is 0.693. The third-order valence-electron chi connectivity index (χ3n) is 1.75. The summed E-state index contributed by atoms with van der Waals surface area (Å²) >= 11 is -2.25. The fourth-order valence-electron chi connectivity index (χ4n) is 1.22. The molecule has 0 aromatic carbocycles. The molecule has 0 saturated heterocycles. The second-order valence-corrected chi connectivity index (χ2v) is 3.66. The SMILES string of the molecule is Cc1cc2nc(S(=O)[O-])ccc2[nH]1. The van der Waals surface area contributed by atoms with Gasteiger partial charge in [0.1, 0.15) is 5.03 Å². The first-order valence-corrected chi connectivity index (χ1v) is 4.80. The number of hydrogen-bond acceptors (Lipinski definition) is 3. The summed E-state index contributed by atoms with van der Waals surface area (Å²) in [5.41, 5.74) is 2.50. The molecule has 0 radical (unpaired) electrons. The average Bonchev–Trinajstić information content (AvgIpc) is 2.42. The van der Waals surface area contributed by atoms with Gasteiger partial charge in [0.2, 0.25) is 0 Å². The maximum absolute atomic E-state index is 10.6. The van der Waals surface area contributed by atoms with Gasteiger partial charge in [0.25, 0.3) is 0 Å². The molecule has 5 heteroatoms. The Morgan fingerprint density at radius 2 is 2.31 bits per heavy atom. The van der Waals surface area contributed by atoms with Gasteiger partial charge in [-0.2, -0.15) is 0 Å². The molecule has 0 aliphatic rings. The van der Waals surface area contributed by atoms with Crippen molar-refractivity contribution in [2.75, 3.05) is 0 Å². The topological polar surface area (TPSA) is 68.8 Å². The van der Waals surface area contributed by atoms with Crippen LogP contribution >= 0.6 is 0 Å². The van der Waals surface area contributed by atoms with Crippen molar-refractivity contribution in [3.8, 4) is 0 Å². The number of hydrogen-bond donors (Lipinski definition) is 1. The molecule has 0 aliphatic heterocycles. The molecule has 1 unspecified atom stereocenters. The van der Waals surface area contributed by atoms with Crippen LogP contribution in [-0.2, 0) is 11.1 Å². The van der Waals surface area contributed by atoms with Crippen molar-refractivity contribution in [3.63, 3.8) is 0 Å². The molecule has 0 aliphatic carbocycles. The molecule has 0 saturated carbocycles. The highest BCUT2D eigenvalue weighted by Crippen LogP contribution is 2.14. The van der Waals surface area contributed by atoms with Crippen LogP contribution in [0.25, 0.3) is 11.0 Å². The zero-order chi connectivity index (χ0) is 9.42. The van der Waals surface area contributed by atoms with Crippen LogP contribution in [0.4, 0.5) is 0 Å². The number of aromatic nitrogens is 2. The van der Waals surface area contributed by atoms with Crippen LogP contribution in [0.1, 0.15) is 5.69 Å².